The van der Waals surface area contributed by atoms with Gasteiger partial charge in [-0.25, -0.2) is 4.98 Å². The molecule has 3 unspecified atom stereocenters. The topological polar surface area (TPSA) is 90.3 Å². The normalized spacial score (nSPS) is 18.5. The third-order valence-electron chi connectivity index (χ3n) is 7.07. The van der Waals surface area contributed by atoms with Crippen molar-refractivity contribution in [2.45, 2.75) is 77.5 Å². The minimum absolute atomic E-state index is 0.0171. The van der Waals surface area contributed by atoms with Gasteiger partial charge in [-0.15, -0.1) is 0 Å². The quantitative estimate of drug-likeness (QED) is 0.455. The molecule has 0 bridgehead atoms. The van der Waals surface area contributed by atoms with E-state index in [1.165, 1.54) is 6.42 Å². The van der Waals surface area contributed by atoms with E-state index in [1.54, 1.807) is 11.5 Å². The summed E-state index contributed by atoms with van der Waals surface area (Å²) >= 11 is 0. The van der Waals surface area contributed by atoms with Crippen molar-refractivity contribution in [2.24, 2.45) is 5.92 Å². The van der Waals surface area contributed by atoms with Crippen LogP contribution in [-0.4, -0.2) is 33.6 Å². The summed E-state index contributed by atoms with van der Waals surface area (Å²) in [7, 11) is 0. The Kier molecular flexibility index (Phi) is 8.52. The Hall–Kier alpha value is -3.48. The molecule has 3 aromatic rings. The van der Waals surface area contributed by atoms with Gasteiger partial charge in [0.1, 0.15) is 5.69 Å². The third kappa shape index (κ3) is 6.39. The summed E-state index contributed by atoms with van der Waals surface area (Å²) in [6.07, 6.45) is 4.32. The maximum atomic E-state index is 13.3. The number of nitrogens with zero attached hydrogens (tertiary/aromatic N) is 2. The number of aryl methyl sites for hydroxylation is 3. The maximum Gasteiger partial charge on any atom is 0.306 e. The molecule has 1 heterocycles. The molecule has 4 rings (SSSR count). The fourth-order valence-electron chi connectivity index (χ4n) is 4.88. The zero-order valence-electron chi connectivity index (χ0n) is 21.1. The van der Waals surface area contributed by atoms with Crippen molar-refractivity contribution in [1.82, 2.24) is 14.9 Å². The Morgan fingerprint density at radius 3 is 2.56 bits per heavy atom. The summed E-state index contributed by atoms with van der Waals surface area (Å²) in [5.41, 5.74) is 2.75. The minimum Gasteiger partial charge on any atom is -0.453 e. The van der Waals surface area contributed by atoms with Crippen LogP contribution in [0.2, 0.25) is 0 Å². The van der Waals surface area contributed by atoms with Crippen LogP contribution < -0.4 is 10.9 Å². The van der Waals surface area contributed by atoms with Crippen LogP contribution in [-0.2, 0) is 33.7 Å². The van der Waals surface area contributed by atoms with Crippen LogP contribution in [0.5, 0.6) is 0 Å². The molecule has 1 aliphatic carbocycles. The van der Waals surface area contributed by atoms with Crippen molar-refractivity contribution in [3.05, 3.63) is 76.2 Å². The number of rotatable bonds is 9. The van der Waals surface area contributed by atoms with Crippen LogP contribution in [0.15, 0.2) is 59.4 Å². The summed E-state index contributed by atoms with van der Waals surface area (Å²) in [6.45, 7) is 4.25. The van der Waals surface area contributed by atoms with E-state index in [9.17, 15) is 14.4 Å². The zero-order valence-corrected chi connectivity index (χ0v) is 21.1. The van der Waals surface area contributed by atoms with E-state index in [2.05, 4.69) is 17.2 Å². The molecule has 2 aromatic carbocycles. The second-order valence-corrected chi connectivity index (χ2v) is 9.75. The van der Waals surface area contributed by atoms with E-state index in [0.29, 0.717) is 30.1 Å². The minimum atomic E-state index is -0.876. The van der Waals surface area contributed by atoms with Crippen molar-refractivity contribution in [3.63, 3.8) is 0 Å². The van der Waals surface area contributed by atoms with E-state index in [0.717, 1.165) is 30.3 Å². The van der Waals surface area contributed by atoms with Gasteiger partial charge in [0, 0.05) is 19.0 Å². The third-order valence-corrected chi connectivity index (χ3v) is 7.07. The van der Waals surface area contributed by atoms with Gasteiger partial charge in [-0.05, 0) is 49.8 Å². The van der Waals surface area contributed by atoms with Crippen LogP contribution in [0.3, 0.4) is 0 Å². The number of benzene rings is 2. The summed E-state index contributed by atoms with van der Waals surface area (Å²) in [4.78, 5) is 42.9. The predicted molar refractivity (Wildman–Crippen MR) is 140 cm³/mol. The summed E-state index contributed by atoms with van der Waals surface area (Å²) in [6, 6.07) is 17.7. The second-order valence-electron chi connectivity index (χ2n) is 9.75. The van der Waals surface area contributed by atoms with Gasteiger partial charge in [0.05, 0.1) is 17.5 Å². The summed E-state index contributed by atoms with van der Waals surface area (Å²) in [5, 5.41) is 3.03. The standard InChI is InChI=1S/C29H35N3O4/c1-20-10-6-7-13-23(20)31-28(34)21(2)36-27(33)17-16-25-29(35)32(19-18-22-11-4-3-5-12-22)26-15-9-8-14-24(26)30-25/h3-5,8-9,11-12,14-15,20-21,23H,6-7,10,13,16-19H2,1-2H3,(H,31,34). The number of nitrogens with one attached hydrogen (secondary N) is 1. The lowest BCUT2D eigenvalue weighted by molar-refractivity contribution is -0.155. The van der Waals surface area contributed by atoms with E-state index in [4.69, 9.17) is 4.74 Å². The van der Waals surface area contributed by atoms with Crippen molar-refractivity contribution in [1.29, 1.82) is 0 Å². The molecule has 7 nitrogen and oxygen atoms in total. The first-order valence-corrected chi connectivity index (χ1v) is 12.9. The van der Waals surface area contributed by atoms with E-state index >= 15 is 0 Å². The average molecular weight is 490 g/mol. The predicted octanol–water partition coefficient (Wildman–Crippen LogP) is 4.20. The van der Waals surface area contributed by atoms with E-state index < -0.39 is 12.1 Å². The van der Waals surface area contributed by atoms with Gasteiger partial charge in [-0.2, -0.15) is 0 Å². The molecule has 1 fully saturated rings. The number of carbonyl (C=O) groups is 2. The van der Waals surface area contributed by atoms with Crippen LogP contribution in [0.25, 0.3) is 11.0 Å². The number of amides is 1. The monoisotopic (exact) mass is 489 g/mol. The molecule has 0 radical (unpaired) electrons. The molecule has 0 saturated heterocycles. The molecule has 1 saturated carbocycles. The summed E-state index contributed by atoms with van der Waals surface area (Å²) < 4.78 is 7.12. The highest BCUT2D eigenvalue weighted by molar-refractivity contribution is 5.83. The number of esters is 1. The highest BCUT2D eigenvalue weighted by atomic mass is 16.5. The lowest BCUT2D eigenvalue weighted by atomic mass is 9.86. The number of hydrogen-bond acceptors (Lipinski definition) is 5. The average Bonchev–Trinajstić information content (AvgIpc) is 2.89. The van der Waals surface area contributed by atoms with Gasteiger partial charge in [-0.1, -0.05) is 62.2 Å². The Labute approximate surface area is 211 Å². The van der Waals surface area contributed by atoms with Gasteiger partial charge < -0.3 is 14.6 Å². The molecule has 3 atom stereocenters. The van der Waals surface area contributed by atoms with Gasteiger partial charge in [-0.3, -0.25) is 14.4 Å². The molecule has 1 N–H and O–H groups in total. The number of fused-ring (bicyclic) bond motifs is 1. The number of ether oxygens (including phenoxy) is 1. The molecule has 190 valence electrons. The van der Waals surface area contributed by atoms with Gasteiger partial charge >= 0.3 is 5.97 Å². The molecule has 0 spiro atoms. The Morgan fingerprint density at radius 1 is 1.06 bits per heavy atom. The first-order chi connectivity index (χ1) is 17.4. The molecule has 7 heteroatoms. The Balaban J connectivity index is 1.39. The molecular weight excluding hydrogens is 454 g/mol. The largest absolute Gasteiger partial charge is 0.453 e. The molecule has 36 heavy (non-hydrogen) atoms. The number of carbonyl (C=O) groups excluding carboxylic acids is 2. The first kappa shape index (κ1) is 25.6. The van der Waals surface area contributed by atoms with Crippen molar-refractivity contribution in [3.8, 4) is 0 Å². The van der Waals surface area contributed by atoms with Gasteiger partial charge in [0.15, 0.2) is 6.10 Å². The molecule has 0 aliphatic heterocycles. The number of hydrogen-bond donors (Lipinski definition) is 1. The fourth-order valence-corrected chi connectivity index (χ4v) is 4.88. The second kappa shape index (κ2) is 12.0. The van der Waals surface area contributed by atoms with Crippen molar-refractivity contribution in [2.75, 3.05) is 0 Å². The van der Waals surface area contributed by atoms with E-state index in [1.807, 2.05) is 54.6 Å². The van der Waals surface area contributed by atoms with Crippen LogP contribution in [0.4, 0.5) is 0 Å². The number of aromatic nitrogens is 2. The van der Waals surface area contributed by atoms with Crippen molar-refractivity contribution >= 4 is 22.9 Å². The highest BCUT2D eigenvalue weighted by Gasteiger charge is 2.26. The Bertz CT molecular complexity index is 1250. The lowest BCUT2D eigenvalue weighted by Gasteiger charge is -2.30. The molecule has 1 amide bonds. The SMILES string of the molecule is CC(OC(=O)CCc1nc2ccccc2n(CCc2ccccc2)c1=O)C(=O)NC1CCCCC1C. The molecule has 1 aromatic heterocycles. The van der Waals surface area contributed by atoms with Crippen LogP contribution in [0, 0.1) is 5.92 Å². The molecule has 1 aliphatic rings. The smallest absolute Gasteiger partial charge is 0.306 e. The Morgan fingerprint density at radius 2 is 1.78 bits per heavy atom. The zero-order chi connectivity index (χ0) is 25.5. The van der Waals surface area contributed by atoms with Crippen LogP contribution in [0.1, 0.15) is 57.2 Å². The fraction of sp³-hybridized carbons (Fsp3) is 0.448. The van der Waals surface area contributed by atoms with Gasteiger partial charge in [0.2, 0.25) is 0 Å². The van der Waals surface area contributed by atoms with Gasteiger partial charge in [0.25, 0.3) is 11.5 Å². The van der Waals surface area contributed by atoms with Crippen LogP contribution >= 0.6 is 0 Å². The van der Waals surface area contributed by atoms with E-state index in [-0.39, 0.29) is 30.3 Å². The first-order valence-electron chi connectivity index (χ1n) is 12.9. The molecular formula is C29H35N3O4. The lowest BCUT2D eigenvalue weighted by Crippen LogP contribution is -2.46. The highest BCUT2D eigenvalue weighted by Crippen LogP contribution is 2.23. The van der Waals surface area contributed by atoms with Crippen molar-refractivity contribution < 1.29 is 14.3 Å². The number of para-hydroxylation sites is 2. The maximum absolute atomic E-state index is 13.3. The summed E-state index contributed by atoms with van der Waals surface area (Å²) in [5.74, 6) is -0.359.